The van der Waals surface area contributed by atoms with Crippen LogP contribution in [0, 0.1) is 0 Å². The van der Waals surface area contributed by atoms with Crippen molar-refractivity contribution in [2.45, 2.75) is 39.3 Å². The van der Waals surface area contributed by atoms with Gasteiger partial charge in [0.2, 0.25) is 5.95 Å². The minimum Gasteiger partial charge on any atom is -0.488 e. The number of ether oxygens (including phenoxy) is 2. The van der Waals surface area contributed by atoms with Crippen molar-refractivity contribution in [3.63, 3.8) is 0 Å². The molecule has 3 aromatic rings. The monoisotopic (exact) mass is 530 g/mol. The van der Waals surface area contributed by atoms with E-state index >= 15 is 0 Å². The summed E-state index contributed by atoms with van der Waals surface area (Å²) in [6.07, 6.45) is 3.19. The molecule has 1 aliphatic rings. The fourth-order valence-corrected chi connectivity index (χ4v) is 4.23. The standard InChI is InChI=1S/C24H24BrClN4O3/c1-3-4-11-32-23(31)21-15(2)29-24-27-14-28-30(24)22(21)18-12-17(25)9-10-20(18)33-13-16-7-5-6-8-19(16)26/h5-10,12,14,22H,3-4,11,13H2,1-2H3,(H,27,28,29). The van der Waals surface area contributed by atoms with Crippen molar-refractivity contribution in [3.05, 3.63) is 80.7 Å². The van der Waals surface area contributed by atoms with Crippen LogP contribution in [0.2, 0.25) is 5.02 Å². The van der Waals surface area contributed by atoms with Gasteiger partial charge in [0.05, 0.1) is 12.2 Å². The molecule has 0 spiro atoms. The smallest absolute Gasteiger partial charge is 0.338 e. The third-order valence-corrected chi connectivity index (χ3v) is 6.21. The van der Waals surface area contributed by atoms with Gasteiger partial charge in [-0.1, -0.05) is 59.1 Å². The fourth-order valence-electron chi connectivity index (χ4n) is 3.67. The van der Waals surface area contributed by atoms with E-state index in [1.54, 1.807) is 4.68 Å². The van der Waals surface area contributed by atoms with Crippen LogP contribution in [0.4, 0.5) is 5.95 Å². The zero-order chi connectivity index (χ0) is 23.4. The first-order valence-corrected chi connectivity index (χ1v) is 11.9. The van der Waals surface area contributed by atoms with Crippen LogP contribution >= 0.6 is 27.5 Å². The molecule has 0 saturated heterocycles. The van der Waals surface area contributed by atoms with Crippen LogP contribution in [0.1, 0.15) is 43.9 Å². The highest BCUT2D eigenvalue weighted by molar-refractivity contribution is 9.10. The number of benzene rings is 2. The highest BCUT2D eigenvalue weighted by Gasteiger charge is 2.36. The van der Waals surface area contributed by atoms with E-state index in [1.807, 2.05) is 49.4 Å². The highest BCUT2D eigenvalue weighted by Crippen LogP contribution is 2.40. The Kier molecular flexibility index (Phi) is 7.35. The molecule has 1 aromatic heterocycles. The number of rotatable bonds is 8. The Bertz CT molecular complexity index is 1190. The number of nitrogens with zero attached hydrogens (tertiary/aromatic N) is 3. The van der Waals surface area contributed by atoms with Crippen LogP contribution in [0.3, 0.4) is 0 Å². The quantitative estimate of drug-likeness (QED) is 0.288. The number of carbonyl (C=O) groups excluding carboxylic acids is 1. The molecule has 1 N–H and O–H groups in total. The molecule has 1 aliphatic heterocycles. The van der Waals surface area contributed by atoms with Crippen LogP contribution in [0.15, 0.2) is 64.5 Å². The Morgan fingerprint density at radius 3 is 2.88 bits per heavy atom. The molecule has 7 nitrogen and oxygen atoms in total. The second-order valence-electron chi connectivity index (χ2n) is 7.65. The number of unbranched alkanes of at least 4 members (excludes halogenated alkanes) is 1. The van der Waals surface area contributed by atoms with Crippen LogP contribution in [-0.2, 0) is 16.1 Å². The van der Waals surface area contributed by atoms with Gasteiger partial charge in [0.25, 0.3) is 0 Å². The SMILES string of the molecule is CCCCOC(=O)C1=C(C)Nc2ncnn2C1c1cc(Br)ccc1OCc1ccccc1Cl. The average molecular weight is 532 g/mol. The van der Waals surface area contributed by atoms with Crippen molar-refractivity contribution >= 4 is 39.4 Å². The molecule has 2 heterocycles. The van der Waals surface area contributed by atoms with Gasteiger partial charge < -0.3 is 14.8 Å². The first kappa shape index (κ1) is 23.3. The molecule has 0 aliphatic carbocycles. The minimum atomic E-state index is -0.573. The predicted molar refractivity (Wildman–Crippen MR) is 130 cm³/mol. The Balaban J connectivity index is 1.74. The van der Waals surface area contributed by atoms with E-state index < -0.39 is 12.0 Å². The van der Waals surface area contributed by atoms with E-state index in [0.717, 1.165) is 28.4 Å². The lowest BCUT2D eigenvalue weighted by molar-refractivity contribution is -0.139. The van der Waals surface area contributed by atoms with Crippen LogP contribution in [-0.4, -0.2) is 27.3 Å². The minimum absolute atomic E-state index is 0.280. The van der Waals surface area contributed by atoms with Crippen LogP contribution < -0.4 is 10.1 Å². The van der Waals surface area contributed by atoms with E-state index in [1.165, 1.54) is 6.33 Å². The molecule has 0 radical (unpaired) electrons. The molecule has 172 valence electrons. The molecule has 2 aromatic carbocycles. The Morgan fingerprint density at radius 1 is 1.27 bits per heavy atom. The Labute approximate surface area is 205 Å². The summed E-state index contributed by atoms with van der Waals surface area (Å²) >= 11 is 9.87. The van der Waals surface area contributed by atoms with Crippen molar-refractivity contribution in [2.75, 3.05) is 11.9 Å². The highest BCUT2D eigenvalue weighted by atomic mass is 79.9. The molecule has 4 rings (SSSR count). The van der Waals surface area contributed by atoms with Crippen molar-refractivity contribution < 1.29 is 14.3 Å². The van der Waals surface area contributed by atoms with E-state index in [9.17, 15) is 4.79 Å². The molecule has 0 saturated carbocycles. The molecule has 1 unspecified atom stereocenters. The number of hydrogen-bond acceptors (Lipinski definition) is 6. The van der Waals surface area contributed by atoms with Gasteiger partial charge >= 0.3 is 5.97 Å². The van der Waals surface area contributed by atoms with Gasteiger partial charge in [0.1, 0.15) is 24.7 Å². The molecular weight excluding hydrogens is 508 g/mol. The summed E-state index contributed by atoms with van der Waals surface area (Å²) in [6, 6.07) is 12.6. The maximum absolute atomic E-state index is 13.2. The molecule has 9 heteroatoms. The lowest BCUT2D eigenvalue weighted by atomic mass is 9.95. The third-order valence-electron chi connectivity index (χ3n) is 5.35. The number of esters is 1. The van der Waals surface area contributed by atoms with Gasteiger partial charge in [-0.15, -0.1) is 0 Å². The van der Waals surface area contributed by atoms with Gasteiger partial charge in [-0.2, -0.15) is 10.1 Å². The van der Waals surface area contributed by atoms with Gasteiger partial charge in [-0.25, -0.2) is 9.48 Å². The summed E-state index contributed by atoms with van der Waals surface area (Å²) in [7, 11) is 0. The predicted octanol–water partition coefficient (Wildman–Crippen LogP) is 5.91. The third kappa shape index (κ3) is 5.07. The van der Waals surface area contributed by atoms with Crippen LogP contribution in [0.25, 0.3) is 0 Å². The van der Waals surface area contributed by atoms with E-state index in [-0.39, 0.29) is 6.61 Å². The summed E-state index contributed by atoms with van der Waals surface area (Å²) in [4.78, 5) is 17.5. The first-order valence-electron chi connectivity index (χ1n) is 10.7. The summed E-state index contributed by atoms with van der Waals surface area (Å²) < 4.78 is 14.3. The summed E-state index contributed by atoms with van der Waals surface area (Å²) in [5, 5.41) is 8.18. The largest absolute Gasteiger partial charge is 0.488 e. The number of halogens is 2. The molecule has 0 amide bonds. The number of anilines is 1. The van der Waals surface area contributed by atoms with Crippen molar-refractivity contribution in [2.24, 2.45) is 0 Å². The average Bonchev–Trinajstić information content (AvgIpc) is 3.26. The van der Waals surface area contributed by atoms with Gasteiger partial charge in [-0.3, -0.25) is 0 Å². The number of fused-ring (bicyclic) bond motifs is 1. The second kappa shape index (κ2) is 10.4. The van der Waals surface area contributed by atoms with Crippen molar-refractivity contribution in [1.82, 2.24) is 14.8 Å². The van der Waals surface area contributed by atoms with Crippen LogP contribution in [0.5, 0.6) is 5.75 Å². The summed E-state index contributed by atoms with van der Waals surface area (Å²) in [5.41, 5.74) is 2.75. The number of nitrogens with one attached hydrogen (secondary N) is 1. The van der Waals surface area contributed by atoms with Gasteiger partial charge in [0.15, 0.2) is 0 Å². The normalized spacial score (nSPS) is 15.1. The Morgan fingerprint density at radius 2 is 2.09 bits per heavy atom. The van der Waals surface area contributed by atoms with E-state index in [2.05, 4.69) is 38.3 Å². The molecule has 1 atom stereocenters. The summed E-state index contributed by atoms with van der Waals surface area (Å²) in [6.45, 7) is 4.53. The lowest BCUT2D eigenvalue weighted by Crippen LogP contribution is -2.30. The van der Waals surface area contributed by atoms with E-state index in [0.29, 0.717) is 34.6 Å². The molecule has 0 bridgehead atoms. The molecular formula is C24H24BrClN4O3. The van der Waals surface area contributed by atoms with Gasteiger partial charge in [-0.05, 0) is 37.6 Å². The molecule has 33 heavy (non-hydrogen) atoms. The number of carbonyl (C=O) groups is 1. The zero-order valence-corrected chi connectivity index (χ0v) is 20.7. The topological polar surface area (TPSA) is 78.3 Å². The zero-order valence-electron chi connectivity index (χ0n) is 18.3. The molecule has 0 fully saturated rings. The maximum Gasteiger partial charge on any atom is 0.338 e. The van der Waals surface area contributed by atoms with E-state index in [4.69, 9.17) is 21.1 Å². The Hall–Kier alpha value is -2.84. The number of hydrogen-bond donors (Lipinski definition) is 1. The second-order valence-corrected chi connectivity index (χ2v) is 8.97. The fraction of sp³-hybridized carbons (Fsp3) is 0.292. The maximum atomic E-state index is 13.2. The lowest BCUT2D eigenvalue weighted by Gasteiger charge is -2.29. The van der Waals surface area contributed by atoms with Crippen molar-refractivity contribution in [1.29, 1.82) is 0 Å². The number of aromatic nitrogens is 3. The van der Waals surface area contributed by atoms with Crippen molar-refractivity contribution in [3.8, 4) is 5.75 Å². The van der Waals surface area contributed by atoms with Gasteiger partial charge in [0, 0.05) is 26.3 Å². The summed E-state index contributed by atoms with van der Waals surface area (Å²) in [5.74, 6) is 0.759. The number of allylic oxidation sites excluding steroid dienone is 1. The first-order chi connectivity index (χ1) is 16.0.